The van der Waals surface area contributed by atoms with E-state index in [2.05, 4.69) is 15.7 Å². The Bertz CT molecular complexity index is 635. The zero-order valence-corrected chi connectivity index (χ0v) is 10.6. The number of hydrogen-bond donors (Lipinski definition) is 3. The standard InChI is InChI=1S/C12H12N4OS/c1-6-11(16-13)18-12(14-6)7-2-3-9-8(4-7)5-10(17)15-9/h2-4,16H,5,13H2,1H3,(H,15,17). The second-order valence-electron chi connectivity index (χ2n) is 4.17. The van der Waals surface area contributed by atoms with Crippen LogP contribution in [0.5, 0.6) is 0 Å². The predicted octanol–water partition coefficient (Wildman–Crippen LogP) is 1.90. The lowest BCUT2D eigenvalue weighted by Crippen LogP contribution is -2.05. The van der Waals surface area contributed by atoms with Crippen LogP contribution in [0, 0.1) is 6.92 Å². The SMILES string of the molecule is Cc1nc(-c2ccc3c(c2)CC(=O)N3)sc1NN. The highest BCUT2D eigenvalue weighted by Crippen LogP contribution is 2.34. The highest BCUT2D eigenvalue weighted by molar-refractivity contribution is 7.19. The molecule has 0 atom stereocenters. The number of nitrogen functional groups attached to an aromatic ring is 1. The monoisotopic (exact) mass is 260 g/mol. The summed E-state index contributed by atoms with van der Waals surface area (Å²) in [4.78, 5) is 15.8. The second-order valence-corrected chi connectivity index (χ2v) is 5.17. The van der Waals surface area contributed by atoms with Crippen molar-refractivity contribution in [1.82, 2.24) is 4.98 Å². The number of rotatable bonds is 2. The molecule has 0 unspecified atom stereocenters. The van der Waals surface area contributed by atoms with Gasteiger partial charge in [-0.15, -0.1) is 0 Å². The van der Waals surface area contributed by atoms with Crippen LogP contribution < -0.4 is 16.6 Å². The Hall–Kier alpha value is -1.92. The molecular formula is C12H12N4OS. The molecule has 0 fully saturated rings. The first-order chi connectivity index (χ1) is 8.67. The molecule has 5 nitrogen and oxygen atoms in total. The summed E-state index contributed by atoms with van der Waals surface area (Å²) in [5.74, 6) is 5.46. The van der Waals surface area contributed by atoms with Crippen molar-refractivity contribution in [2.45, 2.75) is 13.3 Å². The molecule has 2 heterocycles. The number of aryl methyl sites for hydroxylation is 1. The number of nitrogens with zero attached hydrogens (tertiary/aromatic N) is 1. The Labute approximate surface area is 108 Å². The van der Waals surface area contributed by atoms with Crippen molar-refractivity contribution in [3.05, 3.63) is 29.5 Å². The molecule has 2 aromatic rings. The molecule has 0 saturated carbocycles. The van der Waals surface area contributed by atoms with Gasteiger partial charge in [-0.2, -0.15) is 0 Å². The topological polar surface area (TPSA) is 80.0 Å². The Balaban J connectivity index is 2.02. The van der Waals surface area contributed by atoms with Gasteiger partial charge in [-0.05, 0) is 30.7 Å². The zero-order valence-electron chi connectivity index (χ0n) is 9.78. The third-order valence-corrected chi connectivity index (χ3v) is 4.04. The molecule has 0 aliphatic carbocycles. The van der Waals surface area contributed by atoms with Crippen molar-refractivity contribution < 1.29 is 4.79 Å². The van der Waals surface area contributed by atoms with Crippen LogP contribution in [0.2, 0.25) is 0 Å². The summed E-state index contributed by atoms with van der Waals surface area (Å²) in [6.45, 7) is 1.91. The van der Waals surface area contributed by atoms with Gasteiger partial charge in [-0.25, -0.2) is 10.8 Å². The minimum Gasteiger partial charge on any atom is -0.326 e. The fourth-order valence-electron chi connectivity index (χ4n) is 2.02. The van der Waals surface area contributed by atoms with Crippen LogP contribution in [-0.4, -0.2) is 10.9 Å². The van der Waals surface area contributed by atoms with Crippen LogP contribution in [0.3, 0.4) is 0 Å². The summed E-state index contributed by atoms with van der Waals surface area (Å²) in [5.41, 5.74) is 6.45. The van der Waals surface area contributed by atoms with Gasteiger partial charge in [-0.3, -0.25) is 4.79 Å². The number of aromatic nitrogens is 1. The molecule has 1 aromatic carbocycles. The third kappa shape index (κ3) is 1.75. The number of benzene rings is 1. The summed E-state index contributed by atoms with van der Waals surface area (Å²) < 4.78 is 0. The van der Waals surface area contributed by atoms with Crippen molar-refractivity contribution >= 4 is 27.9 Å². The molecule has 1 aliphatic rings. The number of hydrazine groups is 1. The van der Waals surface area contributed by atoms with Crippen LogP contribution in [0.25, 0.3) is 10.6 Å². The van der Waals surface area contributed by atoms with Crippen LogP contribution in [-0.2, 0) is 11.2 Å². The normalized spacial score (nSPS) is 13.3. The number of carbonyl (C=O) groups excluding carboxylic acids is 1. The number of amides is 1. The Morgan fingerprint density at radius 2 is 2.33 bits per heavy atom. The van der Waals surface area contributed by atoms with Crippen LogP contribution >= 0.6 is 11.3 Å². The molecule has 0 saturated heterocycles. The van der Waals surface area contributed by atoms with Crippen molar-refractivity contribution in [3.8, 4) is 10.6 Å². The molecule has 0 bridgehead atoms. The van der Waals surface area contributed by atoms with Crippen LogP contribution in [0.1, 0.15) is 11.3 Å². The maximum Gasteiger partial charge on any atom is 0.228 e. The van der Waals surface area contributed by atoms with Gasteiger partial charge in [-0.1, -0.05) is 11.3 Å². The first-order valence-electron chi connectivity index (χ1n) is 5.54. The van der Waals surface area contributed by atoms with Crippen molar-refractivity contribution in [2.75, 3.05) is 10.7 Å². The lowest BCUT2D eigenvalue weighted by Gasteiger charge is -2.00. The summed E-state index contributed by atoms with van der Waals surface area (Å²) in [5, 5.41) is 4.58. The fraction of sp³-hybridized carbons (Fsp3) is 0.167. The molecule has 1 aromatic heterocycles. The maximum atomic E-state index is 11.3. The Kier molecular flexibility index (Phi) is 2.53. The van der Waals surface area contributed by atoms with Gasteiger partial charge in [0.05, 0.1) is 12.1 Å². The quantitative estimate of drug-likeness (QED) is 0.569. The molecule has 1 amide bonds. The van der Waals surface area contributed by atoms with E-state index in [1.807, 2.05) is 25.1 Å². The van der Waals surface area contributed by atoms with Gasteiger partial charge < -0.3 is 10.7 Å². The van der Waals surface area contributed by atoms with E-state index < -0.39 is 0 Å². The minimum absolute atomic E-state index is 0.0433. The lowest BCUT2D eigenvalue weighted by atomic mass is 10.1. The molecule has 6 heteroatoms. The fourth-order valence-corrected chi connectivity index (χ4v) is 2.89. The van der Waals surface area contributed by atoms with E-state index in [0.29, 0.717) is 6.42 Å². The molecule has 4 N–H and O–H groups in total. The van der Waals surface area contributed by atoms with E-state index in [-0.39, 0.29) is 5.91 Å². The van der Waals surface area contributed by atoms with Gasteiger partial charge in [0.25, 0.3) is 0 Å². The molecular weight excluding hydrogens is 248 g/mol. The summed E-state index contributed by atoms with van der Waals surface area (Å²) in [7, 11) is 0. The number of anilines is 2. The van der Waals surface area contributed by atoms with Crippen LogP contribution in [0.15, 0.2) is 18.2 Å². The number of carbonyl (C=O) groups is 1. The number of hydrogen-bond acceptors (Lipinski definition) is 5. The van der Waals surface area contributed by atoms with E-state index in [1.165, 1.54) is 11.3 Å². The second kappa shape index (κ2) is 4.08. The summed E-state index contributed by atoms with van der Waals surface area (Å²) in [6.07, 6.45) is 0.440. The van der Waals surface area contributed by atoms with Crippen molar-refractivity contribution in [3.63, 3.8) is 0 Å². The van der Waals surface area contributed by atoms with E-state index in [9.17, 15) is 4.79 Å². The van der Waals surface area contributed by atoms with Crippen molar-refractivity contribution in [1.29, 1.82) is 0 Å². The Morgan fingerprint density at radius 3 is 3.06 bits per heavy atom. The minimum atomic E-state index is 0.0433. The smallest absolute Gasteiger partial charge is 0.228 e. The Morgan fingerprint density at radius 1 is 1.50 bits per heavy atom. The summed E-state index contributed by atoms with van der Waals surface area (Å²) >= 11 is 1.51. The predicted molar refractivity (Wildman–Crippen MR) is 72.4 cm³/mol. The van der Waals surface area contributed by atoms with Crippen molar-refractivity contribution in [2.24, 2.45) is 5.84 Å². The van der Waals surface area contributed by atoms with Gasteiger partial charge in [0, 0.05) is 11.3 Å². The largest absolute Gasteiger partial charge is 0.326 e. The summed E-state index contributed by atoms with van der Waals surface area (Å²) in [6, 6.07) is 5.89. The molecule has 0 radical (unpaired) electrons. The number of fused-ring (bicyclic) bond motifs is 1. The maximum absolute atomic E-state index is 11.3. The average molecular weight is 260 g/mol. The van der Waals surface area contributed by atoms with E-state index in [4.69, 9.17) is 5.84 Å². The van der Waals surface area contributed by atoms with E-state index in [0.717, 1.165) is 32.5 Å². The number of nitrogens with one attached hydrogen (secondary N) is 2. The van der Waals surface area contributed by atoms with Crippen LogP contribution in [0.4, 0.5) is 10.7 Å². The van der Waals surface area contributed by atoms with E-state index in [1.54, 1.807) is 0 Å². The first-order valence-corrected chi connectivity index (χ1v) is 6.36. The highest BCUT2D eigenvalue weighted by Gasteiger charge is 2.18. The molecule has 3 rings (SSSR count). The van der Waals surface area contributed by atoms with E-state index >= 15 is 0 Å². The van der Waals surface area contributed by atoms with Gasteiger partial charge >= 0.3 is 0 Å². The molecule has 92 valence electrons. The molecule has 0 spiro atoms. The van der Waals surface area contributed by atoms with Gasteiger partial charge in [0.2, 0.25) is 5.91 Å². The number of thiazole rings is 1. The highest BCUT2D eigenvalue weighted by atomic mass is 32.1. The first kappa shape index (κ1) is 11.2. The van der Waals surface area contributed by atoms with Gasteiger partial charge in [0.1, 0.15) is 10.0 Å². The number of nitrogens with two attached hydrogens (primary N) is 1. The lowest BCUT2D eigenvalue weighted by molar-refractivity contribution is -0.115. The third-order valence-electron chi connectivity index (χ3n) is 2.90. The molecule has 1 aliphatic heterocycles. The molecule has 18 heavy (non-hydrogen) atoms. The van der Waals surface area contributed by atoms with Gasteiger partial charge in [0.15, 0.2) is 0 Å². The average Bonchev–Trinajstić information content (AvgIpc) is 2.89. The zero-order chi connectivity index (χ0) is 12.7.